The van der Waals surface area contributed by atoms with Crippen LogP contribution in [0.5, 0.6) is 0 Å². The monoisotopic (exact) mass is 315 g/mol. The number of piperazine rings is 1. The zero-order valence-electron chi connectivity index (χ0n) is 13.9. The van der Waals surface area contributed by atoms with E-state index in [0.717, 1.165) is 37.2 Å². The Hall–Kier alpha value is -1.88. The molecule has 2 aliphatic rings. The van der Waals surface area contributed by atoms with Gasteiger partial charge in [0.05, 0.1) is 6.42 Å². The second-order valence-corrected chi connectivity index (χ2v) is 6.64. The largest absolute Gasteiger partial charge is 0.337 e. The third-order valence-electron chi connectivity index (χ3n) is 5.01. The van der Waals surface area contributed by atoms with Crippen molar-refractivity contribution in [2.75, 3.05) is 18.4 Å². The summed E-state index contributed by atoms with van der Waals surface area (Å²) in [7, 11) is 0. The Bertz CT molecular complexity index is 614. The van der Waals surface area contributed by atoms with Gasteiger partial charge in [0.15, 0.2) is 0 Å². The van der Waals surface area contributed by atoms with Gasteiger partial charge in [-0.25, -0.2) is 0 Å². The lowest BCUT2D eigenvalue weighted by Gasteiger charge is -2.38. The Labute approximate surface area is 137 Å². The van der Waals surface area contributed by atoms with Crippen LogP contribution in [-0.2, 0) is 22.4 Å². The predicted octanol–water partition coefficient (Wildman–Crippen LogP) is 1.71. The highest BCUT2D eigenvalue weighted by molar-refractivity contribution is 5.99. The smallest absolute Gasteiger partial charge is 0.228 e. The average molecular weight is 315 g/mol. The fourth-order valence-corrected chi connectivity index (χ4v) is 3.43. The number of aryl methyl sites for hydroxylation is 1. The third-order valence-corrected chi connectivity index (χ3v) is 5.01. The molecule has 23 heavy (non-hydrogen) atoms. The lowest BCUT2D eigenvalue weighted by atomic mass is 10.0. The van der Waals surface area contributed by atoms with Crippen LogP contribution in [0.2, 0.25) is 0 Å². The maximum absolute atomic E-state index is 12.4. The van der Waals surface area contributed by atoms with Gasteiger partial charge >= 0.3 is 0 Å². The SMILES string of the molecule is CC1NCCN(C(=O)CCCc2ccc3c(c2)CC(=O)N3)C1C. The Kier molecular flexibility index (Phi) is 4.66. The molecular formula is C18H25N3O2. The highest BCUT2D eigenvalue weighted by atomic mass is 16.2. The number of anilines is 1. The number of carbonyl (C=O) groups excluding carboxylic acids is 2. The van der Waals surface area contributed by atoms with Crippen molar-refractivity contribution in [2.24, 2.45) is 0 Å². The molecule has 124 valence electrons. The summed E-state index contributed by atoms with van der Waals surface area (Å²) in [5, 5.41) is 6.24. The maximum Gasteiger partial charge on any atom is 0.228 e. The fraction of sp³-hybridized carbons (Fsp3) is 0.556. The first-order valence-electron chi connectivity index (χ1n) is 8.49. The summed E-state index contributed by atoms with van der Waals surface area (Å²) < 4.78 is 0. The lowest BCUT2D eigenvalue weighted by Crippen LogP contribution is -2.57. The number of rotatable bonds is 4. The normalized spacial score (nSPS) is 23.6. The highest BCUT2D eigenvalue weighted by Crippen LogP contribution is 2.24. The molecule has 2 aliphatic heterocycles. The van der Waals surface area contributed by atoms with Gasteiger partial charge in [0.1, 0.15) is 0 Å². The van der Waals surface area contributed by atoms with E-state index < -0.39 is 0 Å². The molecule has 2 amide bonds. The molecule has 0 spiro atoms. The molecule has 0 bridgehead atoms. The number of amides is 2. The van der Waals surface area contributed by atoms with Crippen LogP contribution >= 0.6 is 0 Å². The summed E-state index contributed by atoms with van der Waals surface area (Å²) in [5.74, 6) is 0.318. The first kappa shape index (κ1) is 16.0. The molecule has 0 aliphatic carbocycles. The standard InChI is InChI=1S/C18H25N3O2/c1-12-13(2)21(9-8-19-12)18(23)5-3-4-14-6-7-16-15(10-14)11-17(22)20-16/h6-7,10,12-13,19H,3-5,8-9,11H2,1-2H3,(H,20,22). The van der Waals surface area contributed by atoms with Gasteiger partial charge in [-0.1, -0.05) is 12.1 Å². The van der Waals surface area contributed by atoms with Crippen LogP contribution in [-0.4, -0.2) is 41.9 Å². The minimum atomic E-state index is 0.0640. The minimum absolute atomic E-state index is 0.0640. The average Bonchev–Trinajstić information content (AvgIpc) is 2.89. The van der Waals surface area contributed by atoms with Gasteiger partial charge in [-0.3, -0.25) is 9.59 Å². The summed E-state index contributed by atoms with van der Waals surface area (Å²) >= 11 is 0. The van der Waals surface area contributed by atoms with Crippen LogP contribution in [0.1, 0.15) is 37.8 Å². The van der Waals surface area contributed by atoms with Crippen LogP contribution in [0, 0.1) is 0 Å². The zero-order valence-corrected chi connectivity index (χ0v) is 13.9. The molecule has 2 heterocycles. The minimum Gasteiger partial charge on any atom is -0.337 e. The van der Waals surface area contributed by atoms with Crippen molar-refractivity contribution in [3.05, 3.63) is 29.3 Å². The number of carbonyl (C=O) groups is 2. The van der Waals surface area contributed by atoms with Gasteiger partial charge in [0.25, 0.3) is 0 Å². The van der Waals surface area contributed by atoms with Crippen LogP contribution in [0.3, 0.4) is 0 Å². The third kappa shape index (κ3) is 3.55. The first-order valence-corrected chi connectivity index (χ1v) is 8.49. The van der Waals surface area contributed by atoms with E-state index in [2.05, 4.69) is 30.5 Å². The number of hydrogen-bond acceptors (Lipinski definition) is 3. The Balaban J connectivity index is 1.51. The van der Waals surface area contributed by atoms with E-state index in [0.29, 0.717) is 18.9 Å². The van der Waals surface area contributed by atoms with Crippen molar-refractivity contribution < 1.29 is 9.59 Å². The number of benzene rings is 1. The van der Waals surface area contributed by atoms with Crippen molar-refractivity contribution >= 4 is 17.5 Å². The highest BCUT2D eigenvalue weighted by Gasteiger charge is 2.27. The van der Waals surface area contributed by atoms with Crippen molar-refractivity contribution in [3.8, 4) is 0 Å². The van der Waals surface area contributed by atoms with Crippen LogP contribution in [0.25, 0.3) is 0 Å². The van der Waals surface area contributed by atoms with E-state index in [-0.39, 0.29) is 17.9 Å². The molecular weight excluding hydrogens is 290 g/mol. The predicted molar refractivity (Wildman–Crippen MR) is 90.4 cm³/mol. The topological polar surface area (TPSA) is 61.4 Å². The van der Waals surface area contributed by atoms with Crippen LogP contribution < -0.4 is 10.6 Å². The molecule has 5 nitrogen and oxygen atoms in total. The van der Waals surface area contributed by atoms with E-state index in [1.807, 2.05) is 17.0 Å². The van der Waals surface area contributed by atoms with E-state index in [4.69, 9.17) is 0 Å². The van der Waals surface area contributed by atoms with Crippen molar-refractivity contribution in [1.82, 2.24) is 10.2 Å². The molecule has 2 atom stereocenters. The quantitative estimate of drug-likeness (QED) is 0.889. The van der Waals surface area contributed by atoms with Gasteiger partial charge in [-0.2, -0.15) is 0 Å². The van der Waals surface area contributed by atoms with E-state index >= 15 is 0 Å². The Morgan fingerprint density at radius 1 is 1.35 bits per heavy atom. The van der Waals surface area contributed by atoms with E-state index in [9.17, 15) is 9.59 Å². The summed E-state index contributed by atoms with van der Waals surface area (Å²) in [5.41, 5.74) is 3.21. The van der Waals surface area contributed by atoms with Crippen LogP contribution in [0.15, 0.2) is 18.2 Å². The van der Waals surface area contributed by atoms with E-state index in [1.54, 1.807) is 0 Å². The van der Waals surface area contributed by atoms with Gasteiger partial charge < -0.3 is 15.5 Å². The molecule has 1 aromatic rings. The summed E-state index contributed by atoms with van der Waals surface area (Å²) in [6, 6.07) is 6.72. The van der Waals surface area contributed by atoms with Crippen molar-refractivity contribution in [2.45, 2.75) is 51.6 Å². The maximum atomic E-state index is 12.4. The zero-order chi connectivity index (χ0) is 16.4. The van der Waals surface area contributed by atoms with Gasteiger partial charge in [-0.15, -0.1) is 0 Å². The number of nitrogens with zero attached hydrogens (tertiary/aromatic N) is 1. The number of nitrogens with one attached hydrogen (secondary N) is 2. The fourth-order valence-electron chi connectivity index (χ4n) is 3.43. The molecule has 5 heteroatoms. The van der Waals surface area contributed by atoms with Gasteiger partial charge in [0, 0.05) is 37.3 Å². The van der Waals surface area contributed by atoms with Gasteiger partial charge in [0.2, 0.25) is 11.8 Å². The molecule has 2 unspecified atom stereocenters. The van der Waals surface area contributed by atoms with Gasteiger partial charge in [-0.05, 0) is 43.9 Å². The lowest BCUT2D eigenvalue weighted by molar-refractivity contribution is -0.135. The molecule has 1 aromatic carbocycles. The summed E-state index contributed by atoms with van der Waals surface area (Å²) in [6.07, 6.45) is 2.79. The molecule has 3 rings (SSSR count). The number of hydrogen-bond donors (Lipinski definition) is 2. The molecule has 2 N–H and O–H groups in total. The Morgan fingerprint density at radius 3 is 3.00 bits per heavy atom. The second kappa shape index (κ2) is 6.71. The van der Waals surface area contributed by atoms with E-state index in [1.165, 1.54) is 5.56 Å². The van der Waals surface area contributed by atoms with Crippen molar-refractivity contribution in [1.29, 1.82) is 0 Å². The Morgan fingerprint density at radius 2 is 2.17 bits per heavy atom. The molecule has 0 radical (unpaired) electrons. The number of fused-ring (bicyclic) bond motifs is 1. The molecule has 0 aromatic heterocycles. The molecule has 1 saturated heterocycles. The first-order chi connectivity index (χ1) is 11.0. The summed E-state index contributed by atoms with van der Waals surface area (Å²) in [6.45, 7) is 5.92. The second-order valence-electron chi connectivity index (χ2n) is 6.64. The summed E-state index contributed by atoms with van der Waals surface area (Å²) in [4.78, 5) is 25.8. The van der Waals surface area contributed by atoms with Crippen LogP contribution in [0.4, 0.5) is 5.69 Å². The van der Waals surface area contributed by atoms with Crippen molar-refractivity contribution in [3.63, 3.8) is 0 Å². The molecule has 0 saturated carbocycles. The molecule has 1 fully saturated rings.